The number of aryl methyl sites for hydroxylation is 1. The fourth-order valence-electron chi connectivity index (χ4n) is 6.75. The molecule has 9 aromatic rings. The van der Waals surface area contributed by atoms with Crippen molar-refractivity contribution in [2.24, 2.45) is 0 Å². The SMILES string of the molecule is Cc1ccc(-c2ccc3oc4ccc(-c5ccc6c(c5)c5ccccc5n6-c5ccc(-c6ccccc6)cc5)cc4c3c2)cc1. The normalized spacial score (nSPS) is 11.7. The molecule has 45 heavy (non-hydrogen) atoms. The quantitative estimate of drug-likeness (QED) is 0.204. The van der Waals surface area contributed by atoms with E-state index in [2.05, 4.69) is 169 Å². The fourth-order valence-corrected chi connectivity index (χ4v) is 6.75. The predicted octanol–water partition coefficient (Wildman–Crippen LogP) is 12.0. The summed E-state index contributed by atoms with van der Waals surface area (Å²) in [5.41, 5.74) is 13.9. The van der Waals surface area contributed by atoms with Crippen molar-refractivity contribution in [1.29, 1.82) is 0 Å². The van der Waals surface area contributed by atoms with Crippen LogP contribution in [0, 0.1) is 6.92 Å². The lowest BCUT2D eigenvalue weighted by molar-refractivity contribution is 0.669. The Morgan fingerprint density at radius 2 is 0.867 bits per heavy atom. The van der Waals surface area contributed by atoms with Gasteiger partial charge in [0.1, 0.15) is 11.2 Å². The van der Waals surface area contributed by atoms with E-state index in [1.165, 1.54) is 60.8 Å². The van der Waals surface area contributed by atoms with E-state index in [0.717, 1.165) is 27.6 Å². The highest BCUT2D eigenvalue weighted by molar-refractivity contribution is 6.11. The minimum Gasteiger partial charge on any atom is -0.456 e. The summed E-state index contributed by atoms with van der Waals surface area (Å²) >= 11 is 0. The maximum Gasteiger partial charge on any atom is 0.135 e. The van der Waals surface area contributed by atoms with E-state index in [9.17, 15) is 0 Å². The molecule has 2 heteroatoms. The topological polar surface area (TPSA) is 18.1 Å². The van der Waals surface area contributed by atoms with Gasteiger partial charge in [-0.3, -0.25) is 0 Å². The van der Waals surface area contributed by atoms with Crippen molar-refractivity contribution in [2.45, 2.75) is 6.92 Å². The van der Waals surface area contributed by atoms with Gasteiger partial charge < -0.3 is 8.98 Å². The van der Waals surface area contributed by atoms with Gasteiger partial charge in [-0.1, -0.05) is 109 Å². The molecule has 0 unspecified atom stereocenters. The molecule has 0 aliphatic heterocycles. The second-order valence-electron chi connectivity index (χ2n) is 11.9. The summed E-state index contributed by atoms with van der Waals surface area (Å²) in [5, 5.41) is 4.77. The molecule has 0 radical (unpaired) electrons. The number of nitrogens with zero attached hydrogens (tertiary/aromatic N) is 1. The van der Waals surface area contributed by atoms with Crippen LogP contribution < -0.4 is 0 Å². The third-order valence-electron chi connectivity index (χ3n) is 9.09. The van der Waals surface area contributed by atoms with Gasteiger partial charge in [-0.2, -0.15) is 0 Å². The lowest BCUT2D eigenvalue weighted by Gasteiger charge is -2.10. The standard InChI is InChI=1S/C43H29NO/c1-28-11-13-31(14-12-28)32-18-23-42-38(26-32)39-27-34(19-24-43(39)45-42)33-17-22-41-37(25-33)36-9-5-6-10-40(36)44(41)35-20-15-30(16-21-35)29-7-3-2-4-8-29/h2-27H,1H3. The van der Waals surface area contributed by atoms with Gasteiger partial charge in [0, 0.05) is 27.2 Å². The molecule has 0 fully saturated rings. The summed E-state index contributed by atoms with van der Waals surface area (Å²) in [6, 6.07) is 56.8. The average Bonchev–Trinajstić information content (AvgIpc) is 3.63. The molecule has 0 bridgehead atoms. The summed E-state index contributed by atoms with van der Waals surface area (Å²) in [4.78, 5) is 0. The molecular weight excluding hydrogens is 546 g/mol. The smallest absolute Gasteiger partial charge is 0.135 e. The number of aromatic nitrogens is 1. The van der Waals surface area contributed by atoms with Crippen LogP contribution in [0.2, 0.25) is 0 Å². The van der Waals surface area contributed by atoms with Crippen molar-refractivity contribution >= 4 is 43.7 Å². The van der Waals surface area contributed by atoms with Crippen LogP contribution in [0.4, 0.5) is 0 Å². The number of fused-ring (bicyclic) bond motifs is 6. The van der Waals surface area contributed by atoms with E-state index < -0.39 is 0 Å². The van der Waals surface area contributed by atoms with Gasteiger partial charge in [0.25, 0.3) is 0 Å². The Morgan fingerprint density at radius 1 is 0.378 bits per heavy atom. The fraction of sp³-hybridized carbons (Fsp3) is 0.0233. The van der Waals surface area contributed by atoms with Gasteiger partial charge in [-0.05, 0) is 94.9 Å². The molecule has 0 N–H and O–H groups in total. The predicted molar refractivity (Wildman–Crippen MR) is 189 cm³/mol. The molecule has 0 spiro atoms. The van der Waals surface area contributed by atoms with Crippen LogP contribution in [-0.4, -0.2) is 4.57 Å². The molecule has 0 atom stereocenters. The molecule has 2 nitrogen and oxygen atoms in total. The minimum atomic E-state index is 0.909. The van der Waals surface area contributed by atoms with Crippen LogP contribution in [0.25, 0.3) is 82.8 Å². The number of benzene rings is 7. The molecule has 0 saturated heterocycles. The maximum atomic E-state index is 6.27. The molecule has 9 rings (SSSR count). The Bertz CT molecular complexity index is 2510. The number of hydrogen-bond donors (Lipinski definition) is 0. The summed E-state index contributed by atoms with van der Waals surface area (Å²) in [6.07, 6.45) is 0. The lowest BCUT2D eigenvalue weighted by Crippen LogP contribution is -1.93. The van der Waals surface area contributed by atoms with Crippen LogP contribution >= 0.6 is 0 Å². The summed E-state index contributed by atoms with van der Waals surface area (Å²) in [5.74, 6) is 0. The van der Waals surface area contributed by atoms with Crippen molar-refractivity contribution < 1.29 is 4.42 Å². The molecule has 0 amide bonds. The Kier molecular flexibility index (Phi) is 5.76. The highest BCUT2D eigenvalue weighted by Crippen LogP contribution is 2.38. The van der Waals surface area contributed by atoms with Gasteiger partial charge in [0.2, 0.25) is 0 Å². The number of para-hydroxylation sites is 1. The Morgan fingerprint density at radius 3 is 1.58 bits per heavy atom. The van der Waals surface area contributed by atoms with Crippen LogP contribution in [0.1, 0.15) is 5.56 Å². The lowest BCUT2D eigenvalue weighted by atomic mass is 9.99. The molecule has 0 saturated carbocycles. The Hall–Kier alpha value is -5.86. The average molecular weight is 576 g/mol. The summed E-state index contributed by atoms with van der Waals surface area (Å²) in [6.45, 7) is 2.12. The van der Waals surface area contributed by atoms with E-state index in [0.29, 0.717) is 0 Å². The largest absolute Gasteiger partial charge is 0.456 e. The van der Waals surface area contributed by atoms with Crippen LogP contribution in [0.15, 0.2) is 162 Å². The minimum absolute atomic E-state index is 0.909. The molecule has 212 valence electrons. The Balaban J connectivity index is 1.16. The second-order valence-corrected chi connectivity index (χ2v) is 11.9. The van der Waals surface area contributed by atoms with Crippen molar-refractivity contribution in [3.05, 3.63) is 163 Å². The second kappa shape index (κ2) is 10.1. The van der Waals surface area contributed by atoms with E-state index in [1.54, 1.807) is 0 Å². The van der Waals surface area contributed by atoms with E-state index in [-0.39, 0.29) is 0 Å². The van der Waals surface area contributed by atoms with Crippen molar-refractivity contribution in [1.82, 2.24) is 4.57 Å². The van der Waals surface area contributed by atoms with Crippen LogP contribution in [0.5, 0.6) is 0 Å². The van der Waals surface area contributed by atoms with E-state index >= 15 is 0 Å². The number of furan rings is 1. The zero-order valence-electron chi connectivity index (χ0n) is 24.9. The summed E-state index contributed by atoms with van der Waals surface area (Å²) < 4.78 is 8.64. The van der Waals surface area contributed by atoms with Gasteiger partial charge in [-0.25, -0.2) is 0 Å². The number of rotatable bonds is 4. The first-order valence-corrected chi connectivity index (χ1v) is 15.4. The molecule has 2 aromatic heterocycles. The maximum absolute atomic E-state index is 6.27. The highest BCUT2D eigenvalue weighted by Gasteiger charge is 2.15. The van der Waals surface area contributed by atoms with Gasteiger partial charge in [0.15, 0.2) is 0 Å². The van der Waals surface area contributed by atoms with E-state index in [4.69, 9.17) is 4.42 Å². The van der Waals surface area contributed by atoms with Gasteiger partial charge >= 0.3 is 0 Å². The molecule has 0 aliphatic carbocycles. The van der Waals surface area contributed by atoms with Crippen LogP contribution in [0.3, 0.4) is 0 Å². The van der Waals surface area contributed by atoms with Gasteiger partial charge in [0.05, 0.1) is 11.0 Å². The first-order valence-electron chi connectivity index (χ1n) is 15.4. The highest BCUT2D eigenvalue weighted by atomic mass is 16.3. The first kappa shape index (κ1) is 25.6. The molecular formula is C43H29NO. The van der Waals surface area contributed by atoms with Crippen molar-refractivity contribution in [2.75, 3.05) is 0 Å². The van der Waals surface area contributed by atoms with E-state index in [1.807, 2.05) is 0 Å². The molecule has 7 aromatic carbocycles. The van der Waals surface area contributed by atoms with Gasteiger partial charge in [-0.15, -0.1) is 0 Å². The third kappa shape index (κ3) is 4.26. The summed E-state index contributed by atoms with van der Waals surface area (Å²) in [7, 11) is 0. The first-order chi connectivity index (χ1) is 22.2. The number of hydrogen-bond acceptors (Lipinski definition) is 1. The Labute approximate surface area is 261 Å². The zero-order chi connectivity index (χ0) is 29.9. The zero-order valence-corrected chi connectivity index (χ0v) is 24.9. The van der Waals surface area contributed by atoms with Crippen molar-refractivity contribution in [3.63, 3.8) is 0 Å². The third-order valence-corrected chi connectivity index (χ3v) is 9.09. The van der Waals surface area contributed by atoms with Crippen molar-refractivity contribution in [3.8, 4) is 39.1 Å². The molecule has 2 heterocycles. The molecule has 0 aliphatic rings. The monoisotopic (exact) mass is 575 g/mol. The van der Waals surface area contributed by atoms with Crippen LogP contribution in [-0.2, 0) is 0 Å².